The molecule has 0 aromatic heterocycles. The van der Waals surface area contributed by atoms with Crippen molar-refractivity contribution in [2.24, 2.45) is 0 Å². The van der Waals surface area contributed by atoms with E-state index in [2.05, 4.69) is 16.0 Å². The number of nitrogens with one attached hydrogen (secondary N) is 3. The molecule has 5 nitrogen and oxygen atoms in total. The molecule has 3 N–H and O–H groups in total. The minimum absolute atomic E-state index is 0.0127. The van der Waals surface area contributed by atoms with Crippen molar-refractivity contribution in [2.75, 3.05) is 13.1 Å². The van der Waals surface area contributed by atoms with Crippen LogP contribution >= 0.6 is 0 Å². The van der Waals surface area contributed by atoms with E-state index < -0.39 is 0 Å². The molecule has 2 amide bonds. The van der Waals surface area contributed by atoms with Crippen molar-refractivity contribution in [2.45, 2.75) is 45.2 Å². The Morgan fingerprint density at radius 1 is 1.62 bits per heavy atom. The molecule has 92 valence electrons. The zero-order valence-corrected chi connectivity index (χ0v) is 10.0. The molecule has 1 rings (SSSR count). The number of amides is 2. The van der Waals surface area contributed by atoms with Gasteiger partial charge in [-0.1, -0.05) is 6.92 Å². The van der Waals surface area contributed by atoms with Gasteiger partial charge < -0.3 is 16.0 Å². The van der Waals surface area contributed by atoms with E-state index in [9.17, 15) is 9.59 Å². The molecule has 16 heavy (non-hydrogen) atoms. The van der Waals surface area contributed by atoms with Gasteiger partial charge in [-0.2, -0.15) is 0 Å². The van der Waals surface area contributed by atoms with Gasteiger partial charge >= 0.3 is 0 Å². The van der Waals surface area contributed by atoms with Gasteiger partial charge in [0.2, 0.25) is 11.8 Å². The quantitative estimate of drug-likeness (QED) is 0.587. The molecule has 0 spiro atoms. The Balaban J connectivity index is 2.06. The lowest BCUT2D eigenvalue weighted by Gasteiger charge is -2.13. The fourth-order valence-electron chi connectivity index (χ4n) is 1.62. The van der Waals surface area contributed by atoms with Gasteiger partial charge in [0.1, 0.15) is 0 Å². The highest BCUT2D eigenvalue weighted by atomic mass is 16.2. The minimum atomic E-state index is 0.0127. The Labute approximate surface area is 96.4 Å². The first-order valence-electron chi connectivity index (χ1n) is 5.91. The van der Waals surface area contributed by atoms with Gasteiger partial charge in [-0.3, -0.25) is 9.59 Å². The smallest absolute Gasteiger partial charge is 0.234 e. The molecule has 0 aromatic rings. The molecule has 2 atom stereocenters. The number of hydrogen-bond acceptors (Lipinski definition) is 3. The molecule has 0 radical (unpaired) electrons. The first kappa shape index (κ1) is 13.0. The lowest BCUT2D eigenvalue weighted by Crippen LogP contribution is -2.42. The highest BCUT2D eigenvalue weighted by molar-refractivity contribution is 5.79. The van der Waals surface area contributed by atoms with Crippen LogP contribution in [0.15, 0.2) is 0 Å². The third-order valence-corrected chi connectivity index (χ3v) is 2.78. The fraction of sp³-hybridized carbons (Fsp3) is 0.818. The molecule has 1 aliphatic heterocycles. The molecule has 1 saturated heterocycles. The van der Waals surface area contributed by atoms with Crippen LogP contribution in [-0.4, -0.2) is 37.0 Å². The van der Waals surface area contributed by atoms with Crippen LogP contribution in [0.25, 0.3) is 0 Å². The molecular weight excluding hydrogens is 206 g/mol. The first-order chi connectivity index (χ1) is 7.61. The fourth-order valence-corrected chi connectivity index (χ4v) is 1.62. The summed E-state index contributed by atoms with van der Waals surface area (Å²) >= 11 is 0. The SMILES string of the molecule is CCC(C)NC(=O)CNCC1CCC(=O)N1. The Bertz CT molecular complexity index is 256. The maximum absolute atomic E-state index is 11.4. The summed E-state index contributed by atoms with van der Waals surface area (Å²) in [6, 6.07) is 0.407. The number of rotatable bonds is 6. The molecule has 0 aliphatic carbocycles. The van der Waals surface area contributed by atoms with Crippen LogP contribution < -0.4 is 16.0 Å². The zero-order chi connectivity index (χ0) is 12.0. The van der Waals surface area contributed by atoms with E-state index in [1.54, 1.807) is 0 Å². The number of hydrogen-bond donors (Lipinski definition) is 3. The van der Waals surface area contributed by atoms with Crippen LogP contribution in [0.1, 0.15) is 33.1 Å². The minimum Gasteiger partial charge on any atom is -0.353 e. The van der Waals surface area contributed by atoms with Crippen LogP contribution in [0.5, 0.6) is 0 Å². The molecule has 0 aromatic carbocycles. The normalized spacial score (nSPS) is 21.6. The van der Waals surface area contributed by atoms with E-state index in [0.29, 0.717) is 19.5 Å². The van der Waals surface area contributed by atoms with Crippen molar-refractivity contribution in [1.82, 2.24) is 16.0 Å². The average Bonchev–Trinajstić information content (AvgIpc) is 2.64. The van der Waals surface area contributed by atoms with Crippen molar-refractivity contribution in [3.05, 3.63) is 0 Å². The first-order valence-corrected chi connectivity index (χ1v) is 5.91. The summed E-state index contributed by atoms with van der Waals surface area (Å²) < 4.78 is 0. The maximum Gasteiger partial charge on any atom is 0.234 e. The third-order valence-electron chi connectivity index (χ3n) is 2.78. The molecule has 0 bridgehead atoms. The highest BCUT2D eigenvalue weighted by Crippen LogP contribution is 2.04. The summed E-state index contributed by atoms with van der Waals surface area (Å²) in [7, 11) is 0. The van der Waals surface area contributed by atoms with Crippen LogP contribution in [0.2, 0.25) is 0 Å². The standard InChI is InChI=1S/C11H21N3O2/c1-3-8(2)13-11(16)7-12-6-9-4-5-10(15)14-9/h8-9,12H,3-7H2,1-2H3,(H,13,16)(H,14,15). The van der Waals surface area contributed by atoms with Crippen LogP contribution in [0.4, 0.5) is 0 Å². The molecule has 1 heterocycles. The second-order valence-electron chi connectivity index (χ2n) is 4.31. The third kappa shape index (κ3) is 4.61. The lowest BCUT2D eigenvalue weighted by molar-refractivity contribution is -0.121. The zero-order valence-electron chi connectivity index (χ0n) is 10.0. The van der Waals surface area contributed by atoms with Gasteiger partial charge in [0.25, 0.3) is 0 Å². The summed E-state index contributed by atoms with van der Waals surface area (Å²) in [5, 5.41) is 8.77. The number of carbonyl (C=O) groups is 2. The van der Waals surface area contributed by atoms with Crippen molar-refractivity contribution in [3.8, 4) is 0 Å². The summed E-state index contributed by atoms with van der Waals surface area (Å²) in [6.45, 7) is 5.00. The largest absolute Gasteiger partial charge is 0.353 e. The predicted octanol–water partition coefficient (Wildman–Crippen LogP) is -0.231. The Morgan fingerprint density at radius 2 is 2.38 bits per heavy atom. The van der Waals surface area contributed by atoms with Gasteiger partial charge in [0.15, 0.2) is 0 Å². The van der Waals surface area contributed by atoms with E-state index in [1.165, 1.54) is 0 Å². The summed E-state index contributed by atoms with van der Waals surface area (Å²) in [6.07, 6.45) is 2.40. The van der Waals surface area contributed by atoms with E-state index in [1.807, 2.05) is 13.8 Å². The maximum atomic E-state index is 11.4. The van der Waals surface area contributed by atoms with Crippen molar-refractivity contribution < 1.29 is 9.59 Å². The monoisotopic (exact) mass is 227 g/mol. The van der Waals surface area contributed by atoms with Crippen molar-refractivity contribution in [1.29, 1.82) is 0 Å². The van der Waals surface area contributed by atoms with E-state index in [4.69, 9.17) is 0 Å². The van der Waals surface area contributed by atoms with Crippen LogP contribution in [0.3, 0.4) is 0 Å². The molecule has 2 unspecified atom stereocenters. The Kier molecular flexibility index (Phi) is 5.25. The number of carbonyl (C=O) groups excluding carboxylic acids is 2. The summed E-state index contributed by atoms with van der Waals surface area (Å²) in [4.78, 5) is 22.3. The van der Waals surface area contributed by atoms with Crippen LogP contribution in [0, 0.1) is 0 Å². The van der Waals surface area contributed by atoms with Gasteiger partial charge in [-0.15, -0.1) is 0 Å². The summed E-state index contributed by atoms with van der Waals surface area (Å²) in [5.74, 6) is 0.120. The molecule has 1 aliphatic rings. The molecule has 0 saturated carbocycles. The van der Waals surface area contributed by atoms with Gasteiger partial charge in [0, 0.05) is 25.0 Å². The second kappa shape index (κ2) is 6.48. The van der Waals surface area contributed by atoms with Gasteiger partial charge in [0.05, 0.1) is 6.54 Å². The lowest BCUT2D eigenvalue weighted by atomic mass is 10.2. The van der Waals surface area contributed by atoms with Gasteiger partial charge in [-0.25, -0.2) is 0 Å². The second-order valence-corrected chi connectivity index (χ2v) is 4.31. The average molecular weight is 227 g/mol. The Hall–Kier alpha value is -1.10. The summed E-state index contributed by atoms with van der Waals surface area (Å²) in [5.41, 5.74) is 0. The predicted molar refractivity (Wildman–Crippen MR) is 61.9 cm³/mol. The van der Waals surface area contributed by atoms with Crippen molar-refractivity contribution >= 4 is 11.8 Å². The molecular formula is C11H21N3O2. The van der Waals surface area contributed by atoms with Crippen molar-refractivity contribution in [3.63, 3.8) is 0 Å². The van der Waals surface area contributed by atoms with E-state index in [0.717, 1.165) is 12.8 Å². The molecule has 1 fully saturated rings. The van der Waals surface area contributed by atoms with Crippen LogP contribution in [-0.2, 0) is 9.59 Å². The van der Waals surface area contributed by atoms with Gasteiger partial charge in [-0.05, 0) is 19.8 Å². The highest BCUT2D eigenvalue weighted by Gasteiger charge is 2.20. The van der Waals surface area contributed by atoms with E-state index >= 15 is 0 Å². The Morgan fingerprint density at radius 3 is 2.94 bits per heavy atom. The topological polar surface area (TPSA) is 70.2 Å². The van der Waals surface area contributed by atoms with E-state index in [-0.39, 0.29) is 23.9 Å². The molecule has 5 heteroatoms.